The zero-order chi connectivity index (χ0) is 18.4. The Morgan fingerprint density at radius 1 is 1.40 bits per heavy atom. The molecule has 1 aromatic carbocycles. The molecule has 1 amide bonds. The molecule has 134 valence electrons. The topological polar surface area (TPSA) is 105 Å². The van der Waals surface area contributed by atoms with Crippen molar-refractivity contribution in [1.29, 1.82) is 5.26 Å². The number of nitriles is 1. The van der Waals surface area contributed by atoms with E-state index >= 15 is 0 Å². The Labute approximate surface area is 147 Å². The van der Waals surface area contributed by atoms with Gasteiger partial charge < -0.3 is 9.64 Å². The highest BCUT2D eigenvalue weighted by Gasteiger charge is 2.34. The van der Waals surface area contributed by atoms with Crippen LogP contribution in [0, 0.1) is 11.3 Å². The van der Waals surface area contributed by atoms with Gasteiger partial charge >= 0.3 is 5.97 Å². The van der Waals surface area contributed by atoms with Gasteiger partial charge in [-0.2, -0.15) is 5.26 Å². The van der Waals surface area contributed by atoms with Gasteiger partial charge in [-0.05, 0) is 31.0 Å². The minimum atomic E-state index is -3.11. The third-order valence-electron chi connectivity index (χ3n) is 3.99. The first-order chi connectivity index (χ1) is 11.9. The molecular weight excluding hydrogens is 344 g/mol. The van der Waals surface area contributed by atoms with Crippen molar-refractivity contribution in [2.24, 2.45) is 0 Å². The van der Waals surface area contributed by atoms with E-state index in [1.54, 1.807) is 12.1 Å². The SMILES string of the molecule is CCCN(C(=O)COC(=O)c1cccc(C#N)c1)[C@@H]1CCS(=O)(=O)C1. The fraction of sp³-hybridized carbons (Fsp3) is 0.471. The van der Waals surface area contributed by atoms with E-state index in [4.69, 9.17) is 10.00 Å². The molecule has 1 aliphatic rings. The molecule has 1 atom stereocenters. The first kappa shape index (κ1) is 18.9. The Morgan fingerprint density at radius 3 is 2.76 bits per heavy atom. The van der Waals surface area contributed by atoms with Crippen molar-refractivity contribution < 1.29 is 22.7 Å². The largest absolute Gasteiger partial charge is 0.452 e. The quantitative estimate of drug-likeness (QED) is 0.701. The molecular formula is C17H20N2O5S. The molecule has 8 heteroatoms. The summed E-state index contributed by atoms with van der Waals surface area (Å²) < 4.78 is 28.3. The number of rotatable bonds is 6. The van der Waals surface area contributed by atoms with E-state index in [1.165, 1.54) is 17.0 Å². The lowest BCUT2D eigenvalue weighted by molar-refractivity contribution is -0.136. The van der Waals surface area contributed by atoms with Gasteiger partial charge in [-0.3, -0.25) is 4.79 Å². The van der Waals surface area contributed by atoms with Crippen molar-refractivity contribution >= 4 is 21.7 Å². The average Bonchev–Trinajstić information content (AvgIpc) is 2.96. The molecule has 1 aromatic rings. The molecule has 0 bridgehead atoms. The average molecular weight is 364 g/mol. The van der Waals surface area contributed by atoms with E-state index in [9.17, 15) is 18.0 Å². The van der Waals surface area contributed by atoms with Gasteiger partial charge in [-0.15, -0.1) is 0 Å². The second-order valence-electron chi connectivity index (χ2n) is 5.91. The Balaban J connectivity index is 1.99. The van der Waals surface area contributed by atoms with E-state index in [2.05, 4.69) is 0 Å². The maximum atomic E-state index is 12.4. The molecule has 1 heterocycles. The summed E-state index contributed by atoms with van der Waals surface area (Å²) in [6, 6.07) is 7.57. The standard InChI is InChI=1S/C17H20N2O5S/c1-2-7-19(15-6-8-25(22,23)12-15)16(20)11-24-17(21)14-5-3-4-13(9-14)10-18/h3-5,9,15H,2,6-8,11-12H2,1H3/t15-/m1/s1. The molecule has 0 aliphatic carbocycles. The Kier molecular flexibility index (Phi) is 6.15. The van der Waals surface area contributed by atoms with Crippen LogP contribution in [-0.4, -0.2) is 55.9 Å². The number of hydrogen-bond acceptors (Lipinski definition) is 6. The van der Waals surface area contributed by atoms with Crippen LogP contribution >= 0.6 is 0 Å². The number of amides is 1. The normalized spacial score (nSPS) is 18.3. The lowest BCUT2D eigenvalue weighted by atomic mass is 10.1. The molecule has 1 fully saturated rings. The predicted octanol–water partition coefficient (Wildman–Crippen LogP) is 1.14. The molecule has 1 aliphatic heterocycles. The van der Waals surface area contributed by atoms with E-state index in [-0.39, 0.29) is 23.1 Å². The number of carbonyl (C=O) groups excluding carboxylic acids is 2. The Bertz CT molecular complexity index is 798. The molecule has 7 nitrogen and oxygen atoms in total. The van der Waals surface area contributed by atoms with E-state index in [0.717, 1.165) is 0 Å². The summed E-state index contributed by atoms with van der Waals surface area (Å²) in [4.78, 5) is 25.9. The molecule has 0 radical (unpaired) electrons. The van der Waals surface area contributed by atoms with Gasteiger partial charge in [0.2, 0.25) is 0 Å². The van der Waals surface area contributed by atoms with Crippen LogP contribution in [0.2, 0.25) is 0 Å². The highest BCUT2D eigenvalue weighted by molar-refractivity contribution is 7.91. The van der Waals surface area contributed by atoms with Gasteiger partial charge in [-0.25, -0.2) is 13.2 Å². The smallest absolute Gasteiger partial charge is 0.338 e. The number of esters is 1. The van der Waals surface area contributed by atoms with Crippen LogP contribution in [0.25, 0.3) is 0 Å². The predicted molar refractivity (Wildman–Crippen MR) is 90.5 cm³/mol. The maximum absolute atomic E-state index is 12.4. The van der Waals surface area contributed by atoms with Gasteiger partial charge in [0, 0.05) is 12.6 Å². The minimum absolute atomic E-state index is 0.0447. The first-order valence-corrected chi connectivity index (χ1v) is 9.85. The Morgan fingerprint density at radius 2 is 2.16 bits per heavy atom. The van der Waals surface area contributed by atoms with Crippen molar-refractivity contribution in [3.8, 4) is 6.07 Å². The Hall–Kier alpha value is -2.40. The number of sulfone groups is 1. The summed E-state index contributed by atoms with van der Waals surface area (Å²) in [7, 11) is -3.11. The zero-order valence-corrected chi connectivity index (χ0v) is 14.8. The molecule has 1 saturated heterocycles. The van der Waals surface area contributed by atoms with Crippen LogP contribution in [0.5, 0.6) is 0 Å². The zero-order valence-electron chi connectivity index (χ0n) is 14.0. The number of ether oxygens (including phenoxy) is 1. The van der Waals surface area contributed by atoms with Crippen LogP contribution in [0.3, 0.4) is 0 Å². The van der Waals surface area contributed by atoms with E-state index < -0.39 is 28.3 Å². The molecule has 0 aromatic heterocycles. The second-order valence-corrected chi connectivity index (χ2v) is 8.14. The molecule has 0 unspecified atom stereocenters. The maximum Gasteiger partial charge on any atom is 0.338 e. The highest BCUT2D eigenvalue weighted by atomic mass is 32.2. The number of benzene rings is 1. The second kappa shape index (κ2) is 8.12. The summed E-state index contributed by atoms with van der Waals surface area (Å²) in [6.45, 7) is 1.86. The summed E-state index contributed by atoms with van der Waals surface area (Å²) in [5.74, 6) is -1.07. The van der Waals surface area contributed by atoms with Crippen molar-refractivity contribution in [3.05, 3.63) is 35.4 Å². The summed E-state index contributed by atoms with van der Waals surface area (Å²) in [5, 5.41) is 8.85. The summed E-state index contributed by atoms with van der Waals surface area (Å²) >= 11 is 0. The molecule has 0 saturated carbocycles. The molecule has 25 heavy (non-hydrogen) atoms. The summed E-state index contributed by atoms with van der Waals surface area (Å²) in [6.07, 6.45) is 1.09. The fourth-order valence-corrected chi connectivity index (χ4v) is 4.51. The third kappa shape index (κ3) is 5.03. The number of nitrogens with zero attached hydrogens (tertiary/aromatic N) is 2. The van der Waals surface area contributed by atoms with Gasteiger partial charge in [0.05, 0.1) is 28.7 Å². The highest BCUT2D eigenvalue weighted by Crippen LogP contribution is 2.18. The van der Waals surface area contributed by atoms with Crippen LogP contribution in [-0.2, 0) is 19.4 Å². The van der Waals surface area contributed by atoms with E-state index in [0.29, 0.717) is 24.9 Å². The number of hydrogen-bond donors (Lipinski definition) is 0. The lowest BCUT2D eigenvalue weighted by Gasteiger charge is -2.27. The molecule has 0 spiro atoms. The fourth-order valence-electron chi connectivity index (χ4n) is 2.78. The van der Waals surface area contributed by atoms with Gasteiger partial charge in [0.1, 0.15) is 0 Å². The van der Waals surface area contributed by atoms with Crippen molar-refractivity contribution in [3.63, 3.8) is 0 Å². The van der Waals surface area contributed by atoms with Crippen LogP contribution in [0.15, 0.2) is 24.3 Å². The summed E-state index contributed by atoms with van der Waals surface area (Å²) in [5.41, 5.74) is 0.516. The number of carbonyl (C=O) groups is 2. The van der Waals surface area contributed by atoms with Crippen LogP contribution in [0.4, 0.5) is 0 Å². The first-order valence-electron chi connectivity index (χ1n) is 8.03. The van der Waals surface area contributed by atoms with Crippen LogP contribution < -0.4 is 0 Å². The van der Waals surface area contributed by atoms with Crippen LogP contribution in [0.1, 0.15) is 35.7 Å². The van der Waals surface area contributed by atoms with Gasteiger partial charge in [-0.1, -0.05) is 13.0 Å². The lowest BCUT2D eigenvalue weighted by Crippen LogP contribution is -2.43. The van der Waals surface area contributed by atoms with E-state index in [1.807, 2.05) is 13.0 Å². The van der Waals surface area contributed by atoms with Gasteiger partial charge in [0.15, 0.2) is 16.4 Å². The minimum Gasteiger partial charge on any atom is -0.452 e. The van der Waals surface area contributed by atoms with Crippen molar-refractivity contribution in [2.45, 2.75) is 25.8 Å². The monoisotopic (exact) mass is 364 g/mol. The third-order valence-corrected chi connectivity index (χ3v) is 5.74. The van der Waals surface area contributed by atoms with Gasteiger partial charge in [0.25, 0.3) is 5.91 Å². The molecule has 2 rings (SSSR count). The van der Waals surface area contributed by atoms with Crippen molar-refractivity contribution in [1.82, 2.24) is 4.90 Å². The van der Waals surface area contributed by atoms with Crippen molar-refractivity contribution in [2.75, 3.05) is 24.7 Å². The molecule has 0 N–H and O–H groups in total.